The first-order chi connectivity index (χ1) is 10.6. The van der Waals surface area contributed by atoms with Gasteiger partial charge in [-0.15, -0.1) is 0 Å². The van der Waals surface area contributed by atoms with Crippen molar-refractivity contribution in [3.05, 3.63) is 30.3 Å². The first-order valence-corrected chi connectivity index (χ1v) is 8.06. The van der Waals surface area contributed by atoms with Gasteiger partial charge in [0.25, 0.3) is 0 Å². The molecular formula is C18H25N3O. The van der Waals surface area contributed by atoms with Crippen molar-refractivity contribution in [1.29, 1.82) is 5.26 Å². The maximum Gasteiger partial charge on any atom is 0.240 e. The predicted octanol–water partition coefficient (Wildman–Crippen LogP) is 3.10. The van der Waals surface area contributed by atoms with Crippen LogP contribution in [0.2, 0.25) is 0 Å². The van der Waals surface area contributed by atoms with Crippen molar-refractivity contribution in [1.82, 2.24) is 5.32 Å². The molecule has 0 bridgehead atoms. The van der Waals surface area contributed by atoms with Crippen LogP contribution in [0.1, 0.15) is 39.0 Å². The monoisotopic (exact) mass is 299 g/mol. The summed E-state index contributed by atoms with van der Waals surface area (Å²) >= 11 is 0. The second-order valence-corrected chi connectivity index (χ2v) is 6.26. The van der Waals surface area contributed by atoms with Gasteiger partial charge in [-0.25, -0.2) is 0 Å². The Balaban J connectivity index is 1.91. The molecule has 2 rings (SSSR count). The van der Waals surface area contributed by atoms with E-state index in [1.807, 2.05) is 25.2 Å². The molecule has 22 heavy (non-hydrogen) atoms. The van der Waals surface area contributed by atoms with Crippen molar-refractivity contribution < 1.29 is 4.79 Å². The van der Waals surface area contributed by atoms with Crippen LogP contribution in [0.15, 0.2) is 30.3 Å². The topological polar surface area (TPSA) is 56.1 Å². The van der Waals surface area contributed by atoms with Gasteiger partial charge in [0, 0.05) is 25.3 Å². The number of nitrogens with zero attached hydrogens (tertiary/aromatic N) is 2. The average Bonchev–Trinajstić information content (AvgIpc) is 2.59. The van der Waals surface area contributed by atoms with Gasteiger partial charge in [-0.05, 0) is 31.9 Å². The highest BCUT2D eigenvalue weighted by atomic mass is 16.2. The van der Waals surface area contributed by atoms with Crippen LogP contribution in [0.5, 0.6) is 0 Å². The average molecular weight is 299 g/mol. The van der Waals surface area contributed by atoms with Gasteiger partial charge >= 0.3 is 0 Å². The van der Waals surface area contributed by atoms with E-state index in [0.29, 0.717) is 19.4 Å². The SMILES string of the molecule is C[C@@H](CNC(=O)C1(C#N)CCCCC1)N(C)c1ccccc1. The molecule has 1 aromatic carbocycles. The fourth-order valence-corrected chi connectivity index (χ4v) is 3.01. The van der Waals surface area contributed by atoms with Crippen molar-refractivity contribution in [2.75, 3.05) is 18.5 Å². The van der Waals surface area contributed by atoms with Gasteiger partial charge in [0.05, 0.1) is 6.07 Å². The summed E-state index contributed by atoms with van der Waals surface area (Å²) in [6.07, 6.45) is 4.46. The standard InChI is InChI=1S/C18H25N3O/c1-15(21(2)16-9-5-3-6-10-16)13-20-17(22)18(14-19)11-7-4-8-12-18/h3,5-6,9-10,15H,4,7-8,11-13H2,1-2H3,(H,20,22)/t15-/m0/s1. The van der Waals surface area contributed by atoms with E-state index in [2.05, 4.69) is 35.3 Å². The highest BCUT2D eigenvalue weighted by Gasteiger charge is 2.39. The molecule has 1 aromatic rings. The van der Waals surface area contributed by atoms with Gasteiger partial charge in [0.15, 0.2) is 0 Å². The molecule has 0 aromatic heterocycles. The molecule has 0 saturated heterocycles. The Labute approximate surface area is 133 Å². The summed E-state index contributed by atoms with van der Waals surface area (Å²) in [5.74, 6) is -0.0944. The van der Waals surface area contributed by atoms with E-state index in [4.69, 9.17) is 0 Å². The van der Waals surface area contributed by atoms with Gasteiger partial charge in [0.1, 0.15) is 5.41 Å². The molecule has 1 saturated carbocycles. The van der Waals surface area contributed by atoms with Crippen molar-refractivity contribution >= 4 is 11.6 Å². The zero-order chi connectivity index (χ0) is 16.0. The van der Waals surface area contributed by atoms with Crippen LogP contribution in [-0.2, 0) is 4.79 Å². The Morgan fingerprint density at radius 2 is 1.95 bits per heavy atom. The fraction of sp³-hybridized carbons (Fsp3) is 0.556. The number of nitrogens with one attached hydrogen (secondary N) is 1. The molecule has 0 radical (unpaired) electrons. The van der Waals surface area contributed by atoms with E-state index < -0.39 is 5.41 Å². The Morgan fingerprint density at radius 1 is 1.32 bits per heavy atom. The number of rotatable bonds is 5. The fourth-order valence-electron chi connectivity index (χ4n) is 3.01. The van der Waals surface area contributed by atoms with E-state index in [-0.39, 0.29) is 11.9 Å². The van der Waals surface area contributed by atoms with E-state index in [0.717, 1.165) is 24.9 Å². The van der Waals surface area contributed by atoms with E-state index in [9.17, 15) is 10.1 Å². The lowest BCUT2D eigenvalue weighted by molar-refractivity contribution is -0.129. The van der Waals surface area contributed by atoms with Crippen LogP contribution < -0.4 is 10.2 Å². The third-order valence-corrected chi connectivity index (χ3v) is 4.74. The zero-order valence-corrected chi connectivity index (χ0v) is 13.5. The van der Waals surface area contributed by atoms with Crippen LogP contribution in [0, 0.1) is 16.7 Å². The third-order valence-electron chi connectivity index (χ3n) is 4.74. The van der Waals surface area contributed by atoms with E-state index in [1.165, 1.54) is 0 Å². The number of benzene rings is 1. The maximum atomic E-state index is 12.5. The zero-order valence-electron chi connectivity index (χ0n) is 13.5. The largest absolute Gasteiger partial charge is 0.370 e. The first-order valence-electron chi connectivity index (χ1n) is 8.06. The number of hydrogen-bond acceptors (Lipinski definition) is 3. The van der Waals surface area contributed by atoms with E-state index in [1.54, 1.807) is 0 Å². The summed E-state index contributed by atoms with van der Waals surface area (Å²) in [5, 5.41) is 12.4. The molecule has 1 aliphatic carbocycles. The van der Waals surface area contributed by atoms with Crippen molar-refractivity contribution in [3.63, 3.8) is 0 Å². The summed E-state index contributed by atoms with van der Waals surface area (Å²) in [6, 6.07) is 12.5. The summed E-state index contributed by atoms with van der Waals surface area (Å²) in [5.41, 5.74) is 0.320. The molecule has 0 spiro atoms. The molecular weight excluding hydrogens is 274 g/mol. The van der Waals surface area contributed by atoms with Crippen molar-refractivity contribution in [3.8, 4) is 6.07 Å². The molecule has 1 fully saturated rings. The highest BCUT2D eigenvalue weighted by molar-refractivity contribution is 5.85. The predicted molar refractivity (Wildman–Crippen MR) is 88.4 cm³/mol. The number of anilines is 1. The smallest absolute Gasteiger partial charge is 0.240 e. The Bertz CT molecular complexity index is 529. The number of carbonyl (C=O) groups is 1. The van der Waals surface area contributed by atoms with Crippen LogP contribution in [0.3, 0.4) is 0 Å². The van der Waals surface area contributed by atoms with Crippen LogP contribution >= 0.6 is 0 Å². The normalized spacial score (nSPS) is 18.0. The Hall–Kier alpha value is -2.02. The minimum absolute atomic E-state index is 0.0944. The van der Waals surface area contributed by atoms with Gasteiger partial charge in [-0.3, -0.25) is 4.79 Å². The number of nitriles is 1. The first kappa shape index (κ1) is 16.4. The molecule has 1 aliphatic rings. The molecule has 1 amide bonds. The number of carbonyl (C=O) groups excluding carboxylic acids is 1. The summed E-state index contributed by atoms with van der Waals surface area (Å²) in [7, 11) is 2.02. The second kappa shape index (κ2) is 7.31. The van der Waals surface area contributed by atoms with Crippen molar-refractivity contribution in [2.45, 2.75) is 45.1 Å². The minimum atomic E-state index is -0.802. The van der Waals surface area contributed by atoms with Gasteiger partial charge in [0.2, 0.25) is 5.91 Å². The maximum absolute atomic E-state index is 12.5. The molecule has 4 nitrogen and oxygen atoms in total. The van der Waals surface area contributed by atoms with Gasteiger partial charge < -0.3 is 10.2 Å². The lowest BCUT2D eigenvalue weighted by Crippen LogP contribution is -2.46. The molecule has 1 atom stereocenters. The van der Waals surface area contributed by atoms with Crippen LogP contribution in [0.25, 0.3) is 0 Å². The molecule has 1 N–H and O–H groups in total. The lowest BCUT2D eigenvalue weighted by Gasteiger charge is -2.31. The quantitative estimate of drug-likeness (QED) is 0.909. The van der Waals surface area contributed by atoms with E-state index >= 15 is 0 Å². The molecule has 0 heterocycles. The molecule has 0 unspecified atom stereocenters. The number of amides is 1. The summed E-state index contributed by atoms with van der Waals surface area (Å²) < 4.78 is 0. The second-order valence-electron chi connectivity index (χ2n) is 6.26. The van der Waals surface area contributed by atoms with Crippen LogP contribution in [-0.4, -0.2) is 25.5 Å². The molecule has 0 aliphatic heterocycles. The van der Waals surface area contributed by atoms with Gasteiger partial charge in [-0.2, -0.15) is 5.26 Å². The number of likely N-dealkylation sites (N-methyl/N-ethyl adjacent to an activating group) is 1. The van der Waals surface area contributed by atoms with Crippen LogP contribution in [0.4, 0.5) is 5.69 Å². The number of hydrogen-bond donors (Lipinski definition) is 1. The Morgan fingerprint density at radius 3 is 2.55 bits per heavy atom. The van der Waals surface area contributed by atoms with Crippen molar-refractivity contribution in [2.24, 2.45) is 5.41 Å². The minimum Gasteiger partial charge on any atom is -0.370 e. The summed E-state index contributed by atoms with van der Waals surface area (Å²) in [6.45, 7) is 2.63. The third kappa shape index (κ3) is 3.59. The Kier molecular flexibility index (Phi) is 5.43. The molecule has 118 valence electrons. The highest BCUT2D eigenvalue weighted by Crippen LogP contribution is 2.35. The molecule has 4 heteroatoms. The number of para-hydroxylation sites is 1. The van der Waals surface area contributed by atoms with Gasteiger partial charge in [-0.1, -0.05) is 37.5 Å². The lowest BCUT2D eigenvalue weighted by atomic mass is 9.74. The summed E-state index contributed by atoms with van der Waals surface area (Å²) in [4.78, 5) is 14.6.